The molecule has 236 valence electrons. The molecule has 0 fully saturated rings. The third-order valence-corrected chi connectivity index (χ3v) is 12.1. The highest BCUT2D eigenvalue weighted by atomic mass is 32.1. The predicted octanol–water partition coefficient (Wildman–Crippen LogP) is 14.2. The molecule has 0 spiro atoms. The summed E-state index contributed by atoms with van der Waals surface area (Å²) in [6.45, 7) is 0. The highest BCUT2D eigenvalue weighted by molar-refractivity contribution is 7.25. The van der Waals surface area contributed by atoms with Gasteiger partial charge in [0.15, 0.2) is 5.58 Å². The van der Waals surface area contributed by atoms with Gasteiger partial charge in [-0.15, -0.1) is 11.3 Å². The van der Waals surface area contributed by atoms with E-state index in [1.165, 1.54) is 79.9 Å². The predicted molar refractivity (Wildman–Crippen MR) is 219 cm³/mol. The molecule has 3 aromatic heterocycles. The van der Waals surface area contributed by atoms with Gasteiger partial charge < -0.3 is 8.98 Å². The van der Waals surface area contributed by atoms with Crippen LogP contribution in [-0.4, -0.2) is 4.57 Å². The van der Waals surface area contributed by atoms with Crippen LogP contribution in [0.3, 0.4) is 0 Å². The van der Waals surface area contributed by atoms with Crippen LogP contribution in [0, 0.1) is 0 Å². The van der Waals surface area contributed by atoms with E-state index >= 15 is 0 Å². The Morgan fingerprint density at radius 3 is 1.67 bits per heavy atom. The third-order valence-electron chi connectivity index (χ3n) is 11.0. The van der Waals surface area contributed by atoms with Crippen LogP contribution in [0.5, 0.6) is 0 Å². The fourth-order valence-electron chi connectivity index (χ4n) is 8.67. The fourth-order valence-corrected chi connectivity index (χ4v) is 9.74. The topological polar surface area (TPSA) is 18.1 Å². The molecule has 0 unspecified atom stereocenters. The van der Waals surface area contributed by atoms with Crippen LogP contribution in [0.15, 0.2) is 168 Å². The summed E-state index contributed by atoms with van der Waals surface area (Å²) in [5.41, 5.74) is 7.73. The van der Waals surface area contributed by atoms with Crippen molar-refractivity contribution in [3.05, 3.63) is 164 Å². The van der Waals surface area contributed by atoms with Gasteiger partial charge in [0, 0.05) is 47.4 Å². The average Bonchev–Trinajstić information content (AvgIpc) is 3.87. The van der Waals surface area contributed by atoms with Gasteiger partial charge in [-0.05, 0) is 98.0 Å². The van der Waals surface area contributed by atoms with E-state index in [4.69, 9.17) is 4.42 Å². The summed E-state index contributed by atoms with van der Waals surface area (Å²) in [7, 11) is 0. The second-order valence-corrected chi connectivity index (χ2v) is 14.7. The third kappa shape index (κ3) is 3.76. The fraction of sp³-hybridized carbons (Fsp3) is 0. The molecular weight excluding hydrogens is 639 g/mol. The largest absolute Gasteiger partial charge is 0.454 e. The molecule has 12 rings (SSSR count). The summed E-state index contributed by atoms with van der Waals surface area (Å²) >= 11 is 1.86. The monoisotopic (exact) mass is 665 g/mol. The minimum atomic E-state index is 0.915. The van der Waals surface area contributed by atoms with Gasteiger partial charge in [-0.3, -0.25) is 0 Å². The molecule has 0 bridgehead atoms. The highest BCUT2D eigenvalue weighted by Gasteiger charge is 2.20. The van der Waals surface area contributed by atoms with Crippen LogP contribution in [0.25, 0.3) is 113 Å². The minimum Gasteiger partial charge on any atom is -0.454 e. The van der Waals surface area contributed by atoms with E-state index in [0.29, 0.717) is 0 Å². The van der Waals surface area contributed by atoms with Crippen molar-refractivity contribution in [3.63, 3.8) is 0 Å². The number of hydrogen-bond acceptors (Lipinski definition) is 2. The minimum absolute atomic E-state index is 0.915. The Balaban J connectivity index is 1.09. The first kappa shape index (κ1) is 27.4. The van der Waals surface area contributed by atoms with E-state index in [0.717, 1.165) is 33.1 Å². The summed E-state index contributed by atoms with van der Waals surface area (Å²) in [5, 5.41) is 15.1. The van der Waals surface area contributed by atoms with Crippen molar-refractivity contribution in [2.45, 2.75) is 0 Å². The Bertz CT molecular complexity index is 3400. The molecule has 0 atom stereocenters. The Hall–Kier alpha value is -6.42. The van der Waals surface area contributed by atoms with E-state index in [1.807, 2.05) is 17.4 Å². The molecule has 12 aromatic rings. The lowest BCUT2D eigenvalue weighted by atomic mass is 9.92. The van der Waals surface area contributed by atoms with Crippen molar-refractivity contribution in [3.8, 4) is 16.8 Å². The summed E-state index contributed by atoms with van der Waals surface area (Å²) in [6, 6.07) is 60.1. The van der Waals surface area contributed by atoms with Crippen LogP contribution in [0.2, 0.25) is 0 Å². The number of furan rings is 1. The molecule has 0 aliphatic heterocycles. The van der Waals surface area contributed by atoms with Crippen molar-refractivity contribution in [1.82, 2.24) is 4.57 Å². The molecule has 9 aromatic carbocycles. The van der Waals surface area contributed by atoms with Gasteiger partial charge in [0.2, 0.25) is 0 Å². The average molecular weight is 666 g/mol. The first-order valence-corrected chi connectivity index (χ1v) is 18.2. The molecular formula is C48H27NOS. The summed E-state index contributed by atoms with van der Waals surface area (Å²) in [5.74, 6) is 0. The number of benzene rings is 9. The zero-order valence-corrected chi connectivity index (χ0v) is 28.2. The summed E-state index contributed by atoms with van der Waals surface area (Å²) < 4.78 is 11.6. The Kier molecular flexibility index (Phi) is 5.41. The lowest BCUT2D eigenvalue weighted by Gasteiger charge is -2.12. The van der Waals surface area contributed by atoms with Crippen molar-refractivity contribution in [1.29, 1.82) is 0 Å². The van der Waals surface area contributed by atoms with Crippen LogP contribution < -0.4 is 0 Å². The van der Waals surface area contributed by atoms with Gasteiger partial charge in [-0.1, -0.05) is 109 Å². The lowest BCUT2D eigenvalue weighted by molar-refractivity contribution is 0.671. The molecule has 3 heteroatoms. The second-order valence-electron chi connectivity index (χ2n) is 13.6. The smallest absolute Gasteiger partial charge is 0.160 e. The lowest BCUT2D eigenvalue weighted by Crippen LogP contribution is -1.93. The number of hydrogen-bond donors (Lipinski definition) is 0. The van der Waals surface area contributed by atoms with Crippen LogP contribution >= 0.6 is 11.3 Å². The molecule has 0 N–H and O–H groups in total. The van der Waals surface area contributed by atoms with Crippen molar-refractivity contribution in [2.75, 3.05) is 0 Å². The van der Waals surface area contributed by atoms with Gasteiger partial charge in [-0.25, -0.2) is 0 Å². The van der Waals surface area contributed by atoms with E-state index in [-0.39, 0.29) is 0 Å². The number of para-hydroxylation sites is 2. The van der Waals surface area contributed by atoms with E-state index in [2.05, 4.69) is 162 Å². The summed E-state index contributed by atoms with van der Waals surface area (Å²) in [4.78, 5) is 0. The van der Waals surface area contributed by atoms with Gasteiger partial charge in [0.25, 0.3) is 0 Å². The van der Waals surface area contributed by atoms with Gasteiger partial charge in [0.1, 0.15) is 5.58 Å². The Morgan fingerprint density at radius 2 is 0.902 bits per heavy atom. The van der Waals surface area contributed by atoms with E-state index < -0.39 is 0 Å². The quantitative estimate of drug-likeness (QED) is 0.168. The van der Waals surface area contributed by atoms with Gasteiger partial charge in [0.05, 0.1) is 11.0 Å². The first-order valence-electron chi connectivity index (χ1n) is 17.4. The molecule has 0 radical (unpaired) electrons. The maximum absolute atomic E-state index is 6.63. The number of aromatic nitrogens is 1. The zero-order chi connectivity index (χ0) is 33.2. The van der Waals surface area contributed by atoms with E-state index in [1.54, 1.807) is 0 Å². The van der Waals surface area contributed by atoms with Crippen LogP contribution in [-0.2, 0) is 0 Å². The van der Waals surface area contributed by atoms with E-state index in [9.17, 15) is 0 Å². The van der Waals surface area contributed by atoms with Crippen molar-refractivity contribution < 1.29 is 4.42 Å². The molecule has 51 heavy (non-hydrogen) atoms. The molecule has 0 aliphatic rings. The molecule has 0 aliphatic carbocycles. The number of nitrogens with zero attached hydrogens (tertiary/aromatic N) is 1. The second kappa shape index (κ2) is 10.1. The number of thiophene rings is 1. The molecule has 0 saturated heterocycles. The standard InChI is InChI=1S/C48H27NOS/c1-2-11-33-31(9-1)32-10-3-4-12-34(32)40-25-28(17-20-35(33)40)29-18-23-45-41(26-29)42-27-30(19-24-46(42)51-45)49-43-15-7-5-13-36(43)38-21-22-39-37-14-6-8-16-44(37)50-48(39)47(38)49/h1-27H. The molecule has 0 amide bonds. The zero-order valence-electron chi connectivity index (χ0n) is 27.4. The highest BCUT2D eigenvalue weighted by Crippen LogP contribution is 2.43. The SMILES string of the molecule is c1ccc2c(c1)oc1c2ccc2c3ccccc3n(-c3ccc4sc5ccc(-c6ccc7c8ccccc8c8ccccc8c7c6)cc5c4c3)c21. The number of rotatable bonds is 2. The Morgan fingerprint density at radius 1 is 0.373 bits per heavy atom. The maximum atomic E-state index is 6.63. The van der Waals surface area contributed by atoms with Crippen LogP contribution in [0.1, 0.15) is 0 Å². The normalized spacial score (nSPS) is 12.3. The van der Waals surface area contributed by atoms with Crippen molar-refractivity contribution in [2.24, 2.45) is 0 Å². The molecule has 2 nitrogen and oxygen atoms in total. The molecule has 0 saturated carbocycles. The Labute approximate surface area is 296 Å². The van der Waals surface area contributed by atoms with Crippen LogP contribution in [0.4, 0.5) is 0 Å². The molecule has 3 heterocycles. The van der Waals surface area contributed by atoms with Gasteiger partial charge in [-0.2, -0.15) is 0 Å². The van der Waals surface area contributed by atoms with Gasteiger partial charge >= 0.3 is 0 Å². The first-order chi connectivity index (χ1) is 25.3. The number of fused-ring (bicyclic) bond motifs is 16. The summed E-state index contributed by atoms with van der Waals surface area (Å²) in [6.07, 6.45) is 0. The van der Waals surface area contributed by atoms with Crippen molar-refractivity contribution >= 4 is 108 Å². The maximum Gasteiger partial charge on any atom is 0.160 e.